The van der Waals surface area contributed by atoms with Crippen molar-refractivity contribution in [2.24, 2.45) is 0 Å². The first-order chi connectivity index (χ1) is 14.2. The van der Waals surface area contributed by atoms with Gasteiger partial charge >= 0.3 is 0 Å². The van der Waals surface area contributed by atoms with Gasteiger partial charge in [-0.15, -0.1) is 0 Å². The lowest BCUT2D eigenvalue weighted by Crippen LogP contribution is -2.19. The highest BCUT2D eigenvalue weighted by Crippen LogP contribution is 2.27. The Morgan fingerprint density at radius 1 is 1.00 bits per heavy atom. The number of nitrogens with zero attached hydrogens (tertiary/aromatic N) is 2. The predicted octanol–water partition coefficient (Wildman–Crippen LogP) is 5.05. The van der Waals surface area contributed by atoms with Gasteiger partial charge in [0.2, 0.25) is 5.91 Å². The zero-order valence-corrected chi connectivity index (χ0v) is 16.6. The summed E-state index contributed by atoms with van der Waals surface area (Å²) in [5.74, 6) is 1.48. The fraction of sp³-hybridized carbons (Fsp3) is 0.167. The van der Waals surface area contributed by atoms with E-state index in [1.807, 2.05) is 78.2 Å². The molecule has 1 heterocycles. The van der Waals surface area contributed by atoms with Gasteiger partial charge in [-0.3, -0.25) is 4.79 Å². The Morgan fingerprint density at radius 2 is 1.72 bits per heavy atom. The van der Waals surface area contributed by atoms with Crippen molar-refractivity contribution < 1.29 is 9.53 Å². The number of rotatable bonds is 6. The Kier molecular flexibility index (Phi) is 5.29. The number of carbonyl (C=O) groups is 1. The summed E-state index contributed by atoms with van der Waals surface area (Å²) in [5, 5.41) is 2.96. The van der Waals surface area contributed by atoms with Crippen LogP contribution >= 0.6 is 0 Å². The number of benzene rings is 3. The van der Waals surface area contributed by atoms with E-state index in [1.54, 1.807) is 0 Å². The van der Waals surface area contributed by atoms with Crippen LogP contribution in [-0.2, 0) is 11.3 Å². The van der Waals surface area contributed by atoms with E-state index < -0.39 is 0 Å². The molecule has 0 aliphatic carbocycles. The summed E-state index contributed by atoms with van der Waals surface area (Å²) in [6.07, 6.45) is 0. The Hall–Kier alpha value is -3.60. The number of anilines is 1. The third-order valence-corrected chi connectivity index (χ3v) is 4.79. The van der Waals surface area contributed by atoms with Crippen molar-refractivity contribution in [3.05, 3.63) is 78.4 Å². The van der Waals surface area contributed by atoms with Gasteiger partial charge in [0.25, 0.3) is 0 Å². The average Bonchev–Trinajstić information content (AvgIpc) is 3.08. The van der Waals surface area contributed by atoms with Crippen LogP contribution in [0.25, 0.3) is 22.4 Å². The van der Waals surface area contributed by atoms with Crippen molar-refractivity contribution in [3.63, 3.8) is 0 Å². The van der Waals surface area contributed by atoms with E-state index in [4.69, 9.17) is 9.72 Å². The maximum absolute atomic E-state index is 12.8. The molecule has 0 aliphatic rings. The molecule has 5 heteroatoms. The van der Waals surface area contributed by atoms with Crippen molar-refractivity contribution in [1.29, 1.82) is 0 Å². The highest BCUT2D eigenvalue weighted by molar-refractivity contribution is 5.92. The Bertz CT molecular complexity index is 1150. The molecule has 4 aromatic rings. The summed E-state index contributed by atoms with van der Waals surface area (Å²) >= 11 is 0. The fourth-order valence-corrected chi connectivity index (χ4v) is 3.41. The largest absolute Gasteiger partial charge is 0.494 e. The molecular formula is C24H23N3O2. The molecule has 0 atom stereocenters. The topological polar surface area (TPSA) is 56.1 Å². The lowest BCUT2D eigenvalue weighted by molar-refractivity contribution is -0.116. The number of para-hydroxylation sites is 2. The minimum atomic E-state index is -0.104. The Labute approximate surface area is 170 Å². The van der Waals surface area contributed by atoms with E-state index >= 15 is 0 Å². The second kappa shape index (κ2) is 8.19. The van der Waals surface area contributed by atoms with E-state index in [0.29, 0.717) is 6.61 Å². The van der Waals surface area contributed by atoms with Crippen LogP contribution in [0.3, 0.4) is 0 Å². The summed E-state index contributed by atoms with van der Waals surface area (Å²) < 4.78 is 7.42. The molecule has 5 nitrogen and oxygen atoms in total. The molecule has 146 valence electrons. The highest BCUT2D eigenvalue weighted by atomic mass is 16.5. The summed E-state index contributed by atoms with van der Waals surface area (Å²) in [4.78, 5) is 17.6. The maximum atomic E-state index is 12.8. The van der Waals surface area contributed by atoms with Crippen LogP contribution in [0.1, 0.15) is 12.5 Å². The first-order valence-corrected chi connectivity index (χ1v) is 9.69. The van der Waals surface area contributed by atoms with Gasteiger partial charge in [-0.25, -0.2) is 4.98 Å². The third kappa shape index (κ3) is 3.99. The lowest BCUT2D eigenvalue weighted by Gasteiger charge is -2.12. The molecule has 0 unspecified atom stereocenters. The van der Waals surface area contributed by atoms with Gasteiger partial charge in [0.15, 0.2) is 0 Å². The Morgan fingerprint density at radius 3 is 2.48 bits per heavy atom. The average molecular weight is 385 g/mol. The number of carbonyl (C=O) groups excluding carboxylic acids is 1. The molecule has 0 saturated heterocycles. The van der Waals surface area contributed by atoms with E-state index in [1.165, 1.54) is 0 Å². The molecule has 0 saturated carbocycles. The third-order valence-electron chi connectivity index (χ3n) is 4.79. The normalized spacial score (nSPS) is 10.8. The molecular weight excluding hydrogens is 362 g/mol. The maximum Gasteiger partial charge on any atom is 0.244 e. The van der Waals surface area contributed by atoms with Crippen LogP contribution in [0.2, 0.25) is 0 Å². The molecule has 0 fully saturated rings. The smallest absolute Gasteiger partial charge is 0.244 e. The zero-order chi connectivity index (χ0) is 20.2. The summed E-state index contributed by atoms with van der Waals surface area (Å²) in [7, 11) is 0. The molecule has 0 bridgehead atoms. The van der Waals surface area contributed by atoms with Gasteiger partial charge in [0.05, 0.1) is 17.6 Å². The van der Waals surface area contributed by atoms with E-state index in [0.717, 1.165) is 39.4 Å². The predicted molar refractivity (Wildman–Crippen MR) is 116 cm³/mol. The number of amides is 1. The van der Waals surface area contributed by atoms with Gasteiger partial charge in [0, 0.05) is 11.3 Å². The second-order valence-corrected chi connectivity index (χ2v) is 6.83. The standard InChI is InChI=1S/C24H23N3O2/c1-3-29-19-14-12-18(13-15-19)25-23(28)16-27-22-11-7-6-10-21(22)26-24(27)20-9-5-4-8-17(20)2/h4-15H,3,16H2,1-2H3,(H,25,28). The van der Waals surface area contributed by atoms with Crippen molar-refractivity contribution in [1.82, 2.24) is 9.55 Å². The fourth-order valence-electron chi connectivity index (χ4n) is 3.41. The van der Waals surface area contributed by atoms with E-state index in [9.17, 15) is 4.79 Å². The molecule has 1 aromatic heterocycles. The molecule has 0 radical (unpaired) electrons. The van der Waals surface area contributed by atoms with Gasteiger partial charge < -0.3 is 14.6 Å². The molecule has 1 N–H and O–H groups in total. The van der Waals surface area contributed by atoms with Gasteiger partial charge in [-0.2, -0.15) is 0 Å². The first-order valence-electron chi connectivity index (χ1n) is 9.69. The monoisotopic (exact) mass is 385 g/mol. The van der Waals surface area contributed by atoms with Crippen molar-refractivity contribution in [2.45, 2.75) is 20.4 Å². The zero-order valence-electron chi connectivity index (χ0n) is 16.6. The van der Waals surface area contributed by atoms with Crippen LogP contribution in [0, 0.1) is 6.92 Å². The summed E-state index contributed by atoms with van der Waals surface area (Å²) in [6, 6.07) is 23.4. The molecule has 1 amide bonds. The SMILES string of the molecule is CCOc1ccc(NC(=O)Cn2c(-c3ccccc3C)nc3ccccc32)cc1. The van der Waals surface area contributed by atoms with Crippen LogP contribution < -0.4 is 10.1 Å². The van der Waals surface area contributed by atoms with Gasteiger partial charge in [-0.1, -0.05) is 36.4 Å². The summed E-state index contributed by atoms with van der Waals surface area (Å²) in [5.41, 5.74) is 4.70. The van der Waals surface area contributed by atoms with Crippen molar-refractivity contribution >= 4 is 22.6 Å². The Balaban J connectivity index is 1.64. The first kappa shape index (κ1) is 18.7. The summed E-state index contributed by atoms with van der Waals surface area (Å²) in [6.45, 7) is 4.79. The molecule has 0 aliphatic heterocycles. The molecule has 0 spiro atoms. The number of aryl methyl sites for hydroxylation is 1. The van der Waals surface area contributed by atoms with Crippen molar-refractivity contribution in [2.75, 3.05) is 11.9 Å². The van der Waals surface area contributed by atoms with E-state index in [-0.39, 0.29) is 12.5 Å². The highest BCUT2D eigenvalue weighted by Gasteiger charge is 2.16. The van der Waals surface area contributed by atoms with Gasteiger partial charge in [0.1, 0.15) is 18.1 Å². The minimum absolute atomic E-state index is 0.104. The number of aromatic nitrogens is 2. The molecule has 4 rings (SSSR count). The van der Waals surface area contributed by atoms with Crippen LogP contribution in [0.5, 0.6) is 5.75 Å². The van der Waals surface area contributed by atoms with Crippen molar-refractivity contribution in [3.8, 4) is 17.1 Å². The number of ether oxygens (including phenoxy) is 1. The molecule has 3 aromatic carbocycles. The van der Waals surface area contributed by atoms with Crippen LogP contribution in [-0.4, -0.2) is 22.1 Å². The minimum Gasteiger partial charge on any atom is -0.494 e. The lowest BCUT2D eigenvalue weighted by atomic mass is 10.1. The van der Waals surface area contributed by atoms with Crippen LogP contribution in [0.4, 0.5) is 5.69 Å². The quantitative estimate of drug-likeness (QED) is 0.505. The number of imidazole rings is 1. The number of hydrogen-bond donors (Lipinski definition) is 1. The number of hydrogen-bond acceptors (Lipinski definition) is 3. The molecule has 29 heavy (non-hydrogen) atoms. The number of fused-ring (bicyclic) bond motifs is 1. The van der Waals surface area contributed by atoms with Gasteiger partial charge in [-0.05, 0) is 55.8 Å². The number of nitrogens with one attached hydrogen (secondary N) is 1. The second-order valence-electron chi connectivity index (χ2n) is 6.83. The van der Waals surface area contributed by atoms with E-state index in [2.05, 4.69) is 18.3 Å². The van der Waals surface area contributed by atoms with Crippen LogP contribution in [0.15, 0.2) is 72.8 Å².